The molecule has 0 heterocycles. The van der Waals surface area contributed by atoms with Crippen molar-refractivity contribution >= 4 is 0 Å². The normalized spacial score (nSPS) is 25.9. The van der Waals surface area contributed by atoms with Crippen LogP contribution in [-0.2, 0) is 6.42 Å². The van der Waals surface area contributed by atoms with Crippen molar-refractivity contribution in [3.8, 4) is 0 Å². The SMILES string of the molecule is N[C@@H](Cc1ccccc1)[C@H](O)[C@@H]1CCCC1(F)F. The summed E-state index contributed by atoms with van der Waals surface area (Å²) in [6, 6.07) is 8.77. The number of hydrogen-bond donors (Lipinski definition) is 2. The van der Waals surface area contributed by atoms with Crippen molar-refractivity contribution in [2.45, 2.75) is 43.8 Å². The topological polar surface area (TPSA) is 46.2 Å². The quantitative estimate of drug-likeness (QED) is 0.867. The van der Waals surface area contributed by atoms with Gasteiger partial charge in [-0.05, 0) is 24.8 Å². The molecule has 1 aromatic rings. The highest BCUT2D eigenvalue weighted by Gasteiger charge is 2.48. The molecule has 1 aromatic carbocycles. The smallest absolute Gasteiger partial charge is 0.253 e. The number of nitrogens with two attached hydrogens (primary N) is 1. The van der Waals surface area contributed by atoms with Crippen molar-refractivity contribution in [2.24, 2.45) is 11.7 Å². The molecular formula is C14H19F2NO. The molecule has 0 bridgehead atoms. The van der Waals surface area contributed by atoms with Crippen LogP contribution in [0.5, 0.6) is 0 Å². The fourth-order valence-electron chi connectivity index (χ4n) is 2.68. The first-order valence-corrected chi connectivity index (χ1v) is 6.36. The second-order valence-corrected chi connectivity index (χ2v) is 5.10. The molecule has 0 amide bonds. The third-order valence-corrected chi connectivity index (χ3v) is 3.73. The van der Waals surface area contributed by atoms with E-state index in [0.717, 1.165) is 5.56 Å². The average Bonchev–Trinajstić information content (AvgIpc) is 2.69. The van der Waals surface area contributed by atoms with Crippen LogP contribution < -0.4 is 5.73 Å². The molecule has 2 rings (SSSR count). The van der Waals surface area contributed by atoms with Gasteiger partial charge in [0, 0.05) is 12.5 Å². The highest BCUT2D eigenvalue weighted by atomic mass is 19.3. The highest BCUT2D eigenvalue weighted by Crippen LogP contribution is 2.42. The summed E-state index contributed by atoms with van der Waals surface area (Å²) < 4.78 is 27.1. The molecule has 0 spiro atoms. The molecule has 0 aromatic heterocycles. The standard InChI is InChI=1S/C14H19F2NO/c15-14(16)8-4-7-11(14)13(18)12(17)9-10-5-2-1-3-6-10/h1-3,5-6,11-13,18H,4,7-9,17H2/t11-,12-,13+/m0/s1. The first-order chi connectivity index (χ1) is 8.50. The summed E-state index contributed by atoms with van der Waals surface area (Å²) in [6.45, 7) is 0. The van der Waals surface area contributed by atoms with E-state index in [0.29, 0.717) is 19.3 Å². The third-order valence-electron chi connectivity index (χ3n) is 3.73. The zero-order valence-corrected chi connectivity index (χ0v) is 10.2. The minimum atomic E-state index is -2.77. The lowest BCUT2D eigenvalue weighted by Crippen LogP contribution is -2.46. The van der Waals surface area contributed by atoms with Gasteiger partial charge in [-0.2, -0.15) is 0 Å². The summed E-state index contributed by atoms with van der Waals surface area (Å²) in [5.74, 6) is -3.76. The van der Waals surface area contributed by atoms with E-state index in [9.17, 15) is 13.9 Å². The van der Waals surface area contributed by atoms with Gasteiger partial charge in [0.15, 0.2) is 0 Å². The van der Waals surface area contributed by atoms with Gasteiger partial charge < -0.3 is 10.8 Å². The van der Waals surface area contributed by atoms with Gasteiger partial charge in [0.05, 0.1) is 12.0 Å². The summed E-state index contributed by atoms with van der Waals surface area (Å²) in [6.07, 6.45) is -0.0205. The maximum Gasteiger partial charge on any atom is 0.253 e. The molecule has 1 aliphatic carbocycles. The van der Waals surface area contributed by atoms with E-state index in [1.807, 2.05) is 30.3 Å². The largest absolute Gasteiger partial charge is 0.391 e. The summed E-state index contributed by atoms with van der Waals surface area (Å²) in [4.78, 5) is 0. The predicted molar refractivity (Wildman–Crippen MR) is 66.4 cm³/mol. The summed E-state index contributed by atoms with van der Waals surface area (Å²) >= 11 is 0. The molecular weight excluding hydrogens is 236 g/mol. The van der Waals surface area contributed by atoms with Crippen LogP contribution in [0.25, 0.3) is 0 Å². The van der Waals surface area contributed by atoms with Crippen molar-refractivity contribution in [1.82, 2.24) is 0 Å². The number of benzene rings is 1. The molecule has 0 unspecified atom stereocenters. The maximum atomic E-state index is 13.5. The van der Waals surface area contributed by atoms with Crippen LogP contribution >= 0.6 is 0 Å². The van der Waals surface area contributed by atoms with Crippen LogP contribution in [0, 0.1) is 5.92 Å². The van der Waals surface area contributed by atoms with E-state index >= 15 is 0 Å². The Balaban J connectivity index is 1.99. The molecule has 3 atom stereocenters. The Morgan fingerprint density at radius 2 is 2.00 bits per heavy atom. The number of rotatable bonds is 4. The van der Waals surface area contributed by atoms with Crippen LogP contribution in [0.4, 0.5) is 8.78 Å². The van der Waals surface area contributed by atoms with Crippen molar-refractivity contribution in [3.63, 3.8) is 0 Å². The van der Waals surface area contributed by atoms with Crippen LogP contribution in [0.2, 0.25) is 0 Å². The van der Waals surface area contributed by atoms with Gasteiger partial charge in [-0.15, -0.1) is 0 Å². The molecule has 100 valence electrons. The number of hydrogen-bond acceptors (Lipinski definition) is 2. The zero-order valence-electron chi connectivity index (χ0n) is 10.2. The van der Waals surface area contributed by atoms with E-state index in [2.05, 4.69) is 0 Å². The van der Waals surface area contributed by atoms with Crippen LogP contribution in [0.1, 0.15) is 24.8 Å². The van der Waals surface area contributed by atoms with E-state index in [4.69, 9.17) is 5.73 Å². The number of alkyl halides is 2. The lowest BCUT2D eigenvalue weighted by molar-refractivity contribution is -0.0883. The molecule has 1 aliphatic rings. The third kappa shape index (κ3) is 2.87. The van der Waals surface area contributed by atoms with Gasteiger partial charge in [-0.3, -0.25) is 0 Å². The first kappa shape index (κ1) is 13.4. The van der Waals surface area contributed by atoms with E-state index in [-0.39, 0.29) is 6.42 Å². The minimum Gasteiger partial charge on any atom is -0.391 e. The Bertz CT molecular complexity index is 383. The number of halogens is 2. The van der Waals surface area contributed by atoms with Crippen LogP contribution in [-0.4, -0.2) is 23.2 Å². The average molecular weight is 255 g/mol. The molecule has 3 N–H and O–H groups in total. The Labute approximate surface area is 106 Å². The van der Waals surface area contributed by atoms with Crippen molar-refractivity contribution < 1.29 is 13.9 Å². The maximum absolute atomic E-state index is 13.5. The second-order valence-electron chi connectivity index (χ2n) is 5.10. The fourth-order valence-corrected chi connectivity index (χ4v) is 2.68. The van der Waals surface area contributed by atoms with E-state index in [1.165, 1.54) is 0 Å². The lowest BCUT2D eigenvalue weighted by Gasteiger charge is -2.28. The summed E-state index contributed by atoms with van der Waals surface area (Å²) in [5.41, 5.74) is 6.83. The molecule has 18 heavy (non-hydrogen) atoms. The molecule has 2 nitrogen and oxygen atoms in total. The van der Waals surface area contributed by atoms with E-state index < -0.39 is 24.0 Å². The van der Waals surface area contributed by atoms with E-state index in [1.54, 1.807) is 0 Å². The van der Waals surface area contributed by atoms with Crippen LogP contribution in [0.15, 0.2) is 30.3 Å². The first-order valence-electron chi connectivity index (χ1n) is 6.36. The Hall–Kier alpha value is -1.00. The van der Waals surface area contributed by atoms with Crippen molar-refractivity contribution in [1.29, 1.82) is 0 Å². The zero-order chi connectivity index (χ0) is 13.2. The van der Waals surface area contributed by atoms with Gasteiger partial charge in [0.2, 0.25) is 0 Å². The lowest BCUT2D eigenvalue weighted by atomic mass is 9.89. The Morgan fingerprint density at radius 3 is 2.56 bits per heavy atom. The van der Waals surface area contributed by atoms with Gasteiger partial charge in [-0.25, -0.2) is 8.78 Å². The molecule has 1 fully saturated rings. The molecule has 4 heteroatoms. The molecule has 0 aliphatic heterocycles. The number of aliphatic hydroxyl groups is 1. The highest BCUT2D eigenvalue weighted by molar-refractivity contribution is 5.16. The van der Waals surface area contributed by atoms with Crippen molar-refractivity contribution in [2.75, 3.05) is 0 Å². The summed E-state index contributed by atoms with van der Waals surface area (Å²) in [5, 5.41) is 10.0. The molecule has 1 saturated carbocycles. The van der Waals surface area contributed by atoms with Gasteiger partial charge in [0.1, 0.15) is 0 Å². The predicted octanol–water partition coefficient (Wildman–Crippen LogP) is 2.35. The number of aliphatic hydroxyl groups excluding tert-OH is 1. The Kier molecular flexibility index (Phi) is 3.97. The van der Waals surface area contributed by atoms with Gasteiger partial charge in [-0.1, -0.05) is 30.3 Å². The van der Waals surface area contributed by atoms with Gasteiger partial charge in [0.25, 0.3) is 5.92 Å². The summed E-state index contributed by atoms with van der Waals surface area (Å²) in [7, 11) is 0. The minimum absolute atomic E-state index is 0.132. The fraction of sp³-hybridized carbons (Fsp3) is 0.571. The Morgan fingerprint density at radius 1 is 1.33 bits per heavy atom. The monoisotopic (exact) mass is 255 g/mol. The van der Waals surface area contributed by atoms with Crippen molar-refractivity contribution in [3.05, 3.63) is 35.9 Å². The second kappa shape index (κ2) is 5.33. The molecule has 0 saturated heterocycles. The van der Waals surface area contributed by atoms with Gasteiger partial charge >= 0.3 is 0 Å². The molecule has 0 radical (unpaired) electrons. The van der Waals surface area contributed by atoms with Crippen LogP contribution in [0.3, 0.4) is 0 Å².